The summed E-state index contributed by atoms with van der Waals surface area (Å²) >= 11 is 5.91. The average Bonchev–Trinajstić information content (AvgIpc) is 2.44. The fourth-order valence-electron chi connectivity index (χ4n) is 1.91. The molecule has 21 heavy (non-hydrogen) atoms. The zero-order chi connectivity index (χ0) is 15.7. The molecule has 0 spiro atoms. The summed E-state index contributed by atoms with van der Waals surface area (Å²) in [7, 11) is 0. The van der Waals surface area contributed by atoms with Crippen molar-refractivity contribution in [3.05, 3.63) is 35.9 Å². The standard InChI is InChI=1S/C15H21NO3S2/c1-21-14(7-8-15(18)19)16-13(17)10-12(20)9-11-5-3-2-4-6-11/h2-6,12,14,20H,7-10H2,1H3,(H,16,17)(H,18,19). The average molecular weight is 327 g/mol. The minimum Gasteiger partial charge on any atom is -0.481 e. The molecule has 0 aliphatic rings. The zero-order valence-corrected chi connectivity index (χ0v) is 13.7. The zero-order valence-electron chi connectivity index (χ0n) is 12.0. The van der Waals surface area contributed by atoms with E-state index in [2.05, 4.69) is 17.9 Å². The Morgan fingerprint density at radius 3 is 2.57 bits per heavy atom. The molecule has 0 aromatic heterocycles. The predicted octanol–water partition coefficient (Wildman–Crippen LogP) is 2.59. The molecule has 1 aromatic rings. The molecule has 4 nitrogen and oxygen atoms in total. The first-order valence-electron chi connectivity index (χ1n) is 6.77. The quantitative estimate of drug-likeness (QED) is 0.482. The first-order valence-corrected chi connectivity index (χ1v) is 8.57. The second-order valence-corrected chi connectivity index (χ2v) is 6.54. The first-order chi connectivity index (χ1) is 10.0. The largest absolute Gasteiger partial charge is 0.481 e. The van der Waals surface area contributed by atoms with Gasteiger partial charge in [0.05, 0.1) is 5.37 Å². The number of hydrogen-bond acceptors (Lipinski definition) is 4. The molecule has 0 bridgehead atoms. The van der Waals surface area contributed by atoms with Gasteiger partial charge in [-0.05, 0) is 24.7 Å². The molecule has 2 atom stereocenters. The Morgan fingerprint density at radius 1 is 1.33 bits per heavy atom. The molecule has 0 radical (unpaired) electrons. The highest BCUT2D eigenvalue weighted by Crippen LogP contribution is 2.14. The Labute approximate surface area is 135 Å². The number of carbonyl (C=O) groups excluding carboxylic acids is 1. The third-order valence-electron chi connectivity index (χ3n) is 2.96. The summed E-state index contributed by atoms with van der Waals surface area (Å²) in [5.41, 5.74) is 1.15. The fraction of sp³-hybridized carbons (Fsp3) is 0.467. The highest BCUT2D eigenvalue weighted by molar-refractivity contribution is 7.99. The SMILES string of the molecule is CSC(CCC(=O)O)NC(=O)CC(S)Cc1ccccc1. The summed E-state index contributed by atoms with van der Waals surface area (Å²) in [6, 6.07) is 9.91. The topological polar surface area (TPSA) is 66.4 Å². The Balaban J connectivity index is 2.35. The van der Waals surface area contributed by atoms with Gasteiger partial charge in [0.2, 0.25) is 5.91 Å². The minimum absolute atomic E-state index is 0.0469. The maximum absolute atomic E-state index is 11.9. The molecule has 0 heterocycles. The number of amides is 1. The lowest BCUT2D eigenvalue weighted by Crippen LogP contribution is -2.34. The van der Waals surface area contributed by atoms with Crippen LogP contribution in [0.1, 0.15) is 24.8 Å². The van der Waals surface area contributed by atoms with Gasteiger partial charge < -0.3 is 10.4 Å². The molecule has 1 aromatic carbocycles. The third-order valence-corrected chi connectivity index (χ3v) is 4.25. The van der Waals surface area contributed by atoms with Crippen molar-refractivity contribution in [3.8, 4) is 0 Å². The van der Waals surface area contributed by atoms with Crippen LogP contribution in [-0.2, 0) is 16.0 Å². The lowest BCUT2D eigenvalue weighted by atomic mass is 10.1. The van der Waals surface area contributed by atoms with Crippen molar-refractivity contribution < 1.29 is 14.7 Å². The molecule has 1 amide bonds. The molecular weight excluding hydrogens is 306 g/mol. The maximum atomic E-state index is 11.9. The molecule has 0 aliphatic carbocycles. The van der Waals surface area contributed by atoms with E-state index in [0.29, 0.717) is 12.8 Å². The van der Waals surface area contributed by atoms with Crippen molar-refractivity contribution in [2.75, 3.05) is 6.26 Å². The number of aliphatic carboxylic acids is 1. The summed E-state index contributed by atoms with van der Waals surface area (Å²) in [4.78, 5) is 22.5. The normalized spacial score (nSPS) is 13.4. The van der Waals surface area contributed by atoms with Crippen LogP contribution in [0, 0.1) is 0 Å². The predicted molar refractivity (Wildman–Crippen MR) is 89.9 cm³/mol. The van der Waals surface area contributed by atoms with Gasteiger partial charge in [-0.3, -0.25) is 9.59 Å². The van der Waals surface area contributed by atoms with Gasteiger partial charge in [-0.1, -0.05) is 30.3 Å². The Hall–Kier alpha value is -1.14. The summed E-state index contributed by atoms with van der Waals surface area (Å²) in [6.45, 7) is 0. The van der Waals surface area contributed by atoms with Crippen molar-refractivity contribution in [1.82, 2.24) is 5.32 Å². The smallest absolute Gasteiger partial charge is 0.303 e. The van der Waals surface area contributed by atoms with Gasteiger partial charge >= 0.3 is 5.97 Å². The Kier molecular flexibility index (Phi) is 8.30. The molecule has 6 heteroatoms. The summed E-state index contributed by atoms with van der Waals surface area (Å²) in [6.07, 6.45) is 3.39. The molecule has 116 valence electrons. The van der Waals surface area contributed by atoms with Gasteiger partial charge in [-0.25, -0.2) is 0 Å². The second kappa shape index (κ2) is 9.73. The van der Waals surface area contributed by atoms with E-state index in [9.17, 15) is 9.59 Å². The number of hydrogen-bond donors (Lipinski definition) is 3. The van der Waals surface area contributed by atoms with Gasteiger partial charge in [-0.2, -0.15) is 12.6 Å². The van der Waals surface area contributed by atoms with Crippen LogP contribution >= 0.6 is 24.4 Å². The van der Waals surface area contributed by atoms with Crippen LogP contribution in [0.3, 0.4) is 0 Å². The molecule has 0 fully saturated rings. The molecule has 0 saturated heterocycles. The number of thiol groups is 1. The van der Waals surface area contributed by atoms with Gasteiger partial charge in [0.15, 0.2) is 0 Å². The van der Waals surface area contributed by atoms with Gasteiger partial charge in [0, 0.05) is 18.1 Å². The number of thioether (sulfide) groups is 1. The van der Waals surface area contributed by atoms with Crippen LogP contribution in [0.25, 0.3) is 0 Å². The number of carbonyl (C=O) groups is 2. The number of carboxylic acids is 1. The number of nitrogens with one attached hydrogen (secondary N) is 1. The molecule has 0 saturated carbocycles. The second-order valence-electron chi connectivity index (χ2n) is 4.77. The van der Waals surface area contributed by atoms with E-state index in [1.165, 1.54) is 11.8 Å². The van der Waals surface area contributed by atoms with Gasteiger partial charge in [-0.15, -0.1) is 11.8 Å². The molecular formula is C15H21NO3S2. The van der Waals surface area contributed by atoms with Crippen molar-refractivity contribution in [2.24, 2.45) is 0 Å². The number of rotatable bonds is 9. The van der Waals surface area contributed by atoms with Gasteiger partial charge in [0.25, 0.3) is 0 Å². The van der Waals surface area contributed by atoms with E-state index in [-0.39, 0.29) is 23.0 Å². The molecule has 0 aliphatic heterocycles. The van der Waals surface area contributed by atoms with Crippen molar-refractivity contribution >= 4 is 36.3 Å². The van der Waals surface area contributed by atoms with Crippen molar-refractivity contribution in [1.29, 1.82) is 0 Å². The highest BCUT2D eigenvalue weighted by Gasteiger charge is 2.15. The van der Waals surface area contributed by atoms with E-state index >= 15 is 0 Å². The van der Waals surface area contributed by atoms with E-state index in [1.807, 2.05) is 36.6 Å². The summed E-state index contributed by atoms with van der Waals surface area (Å²) in [5, 5.41) is 11.3. The Morgan fingerprint density at radius 2 is 2.00 bits per heavy atom. The van der Waals surface area contributed by atoms with E-state index < -0.39 is 5.97 Å². The molecule has 1 rings (SSSR count). The van der Waals surface area contributed by atoms with Crippen molar-refractivity contribution in [3.63, 3.8) is 0 Å². The fourth-order valence-corrected chi connectivity index (χ4v) is 2.89. The van der Waals surface area contributed by atoms with E-state index in [0.717, 1.165) is 12.0 Å². The number of benzene rings is 1. The summed E-state index contributed by atoms with van der Waals surface area (Å²) in [5.74, 6) is -0.935. The van der Waals surface area contributed by atoms with Gasteiger partial charge in [0.1, 0.15) is 0 Å². The molecule has 2 N–H and O–H groups in total. The minimum atomic E-state index is -0.848. The third kappa shape index (κ3) is 8.02. The van der Waals surface area contributed by atoms with Crippen molar-refractivity contribution in [2.45, 2.75) is 36.3 Å². The van der Waals surface area contributed by atoms with Crippen LogP contribution < -0.4 is 5.32 Å². The van der Waals surface area contributed by atoms with E-state index in [1.54, 1.807) is 0 Å². The van der Waals surface area contributed by atoms with E-state index in [4.69, 9.17) is 5.11 Å². The summed E-state index contributed by atoms with van der Waals surface area (Å²) < 4.78 is 0. The lowest BCUT2D eigenvalue weighted by molar-refractivity contribution is -0.137. The van der Waals surface area contributed by atoms with Crippen LogP contribution in [0.4, 0.5) is 0 Å². The maximum Gasteiger partial charge on any atom is 0.303 e. The Bertz CT molecular complexity index is 453. The lowest BCUT2D eigenvalue weighted by Gasteiger charge is -2.17. The van der Waals surface area contributed by atoms with Crippen LogP contribution in [-0.4, -0.2) is 33.9 Å². The van der Waals surface area contributed by atoms with Crippen LogP contribution in [0.5, 0.6) is 0 Å². The monoisotopic (exact) mass is 327 g/mol. The number of carboxylic acid groups (broad SMARTS) is 1. The first kappa shape index (κ1) is 17.9. The van der Waals surface area contributed by atoms with Crippen LogP contribution in [0.15, 0.2) is 30.3 Å². The highest BCUT2D eigenvalue weighted by atomic mass is 32.2. The molecule has 2 unspecified atom stereocenters. The van der Waals surface area contributed by atoms with Crippen LogP contribution in [0.2, 0.25) is 0 Å².